The monoisotopic (exact) mass is 374 g/mol. The van der Waals surface area contributed by atoms with Gasteiger partial charge in [-0.15, -0.1) is 11.3 Å². The van der Waals surface area contributed by atoms with Crippen LogP contribution >= 0.6 is 11.3 Å². The minimum Gasteiger partial charge on any atom is -0.494 e. The van der Waals surface area contributed by atoms with E-state index >= 15 is 0 Å². The maximum absolute atomic E-state index is 12.9. The van der Waals surface area contributed by atoms with Crippen molar-refractivity contribution in [3.8, 4) is 16.3 Å². The van der Waals surface area contributed by atoms with Crippen molar-refractivity contribution in [1.82, 2.24) is 9.88 Å². The highest BCUT2D eigenvalue weighted by molar-refractivity contribution is 7.17. The summed E-state index contributed by atoms with van der Waals surface area (Å²) in [6.45, 7) is 5.23. The number of carbonyl (C=O) groups is 2. The normalized spacial score (nSPS) is 17.2. The highest BCUT2D eigenvalue weighted by atomic mass is 32.1. The third kappa shape index (κ3) is 3.88. The Morgan fingerprint density at radius 1 is 1.35 bits per heavy atom. The number of carboxylic acid groups (broad SMARTS) is 1. The summed E-state index contributed by atoms with van der Waals surface area (Å²) in [4.78, 5) is 30.9. The van der Waals surface area contributed by atoms with E-state index in [0.29, 0.717) is 36.6 Å². The second-order valence-corrected chi connectivity index (χ2v) is 7.32. The van der Waals surface area contributed by atoms with E-state index in [2.05, 4.69) is 4.98 Å². The van der Waals surface area contributed by atoms with E-state index in [1.807, 2.05) is 38.1 Å². The average molecular weight is 374 g/mol. The zero-order chi connectivity index (χ0) is 18.7. The second kappa shape index (κ2) is 7.86. The predicted molar refractivity (Wildman–Crippen MR) is 99.7 cm³/mol. The lowest BCUT2D eigenvalue weighted by molar-refractivity contribution is -0.143. The average Bonchev–Trinajstić information content (AvgIpc) is 3.04. The van der Waals surface area contributed by atoms with Crippen molar-refractivity contribution in [1.29, 1.82) is 0 Å². The number of carbonyl (C=O) groups excluding carboxylic acids is 1. The number of amides is 1. The third-order valence-electron chi connectivity index (χ3n) is 4.46. The number of hydrogen-bond acceptors (Lipinski definition) is 5. The molecule has 0 saturated carbocycles. The Balaban J connectivity index is 1.79. The number of piperidine rings is 1. The predicted octanol–water partition coefficient (Wildman–Crippen LogP) is 3.45. The third-order valence-corrected chi connectivity index (χ3v) is 5.66. The van der Waals surface area contributed by atoms with Gasteiger partial charge in [0.15, 0.2) is 0 Å². The lowest BCUT2D eigenvalue weighted by atomic mass is 9.98. The van der Waals surface area contributed by atoms with Crippen molar-refractivity contribution in [2.24, 2.45) is 5.92 Å². The maximum Gasteiger partial charge on any atom is 0.308 e. The van der Waals surface area contributed by atoms with Gasteiger partial charge in [-0.1, -0.05) is 0 Å². The van der Waals surface area contributed by atoms with Crippen LogP contribution in [0.3, 0.4) is 0 Å². The van der Waals surface area contributed by atoms with Crippen LogP contribution in [0.1, 0.15) is 35.1 Å². The number of aromatic nitrogens is 1. The second-order valence-electron chi connectivity index (χ2n) is 6.32. The fraction of sp³-hybridized carbons (Fsp3) is 0.421. The van der Waals surface area contributed by atoms with Crippen LogP contribution in [-0.4, -0.2) is 46.6 Å². The topological polar surface area (TPSA) is 79.7 Å². The molecule has 7 heteroatoms. The quantitative estimate of drug-likeness (QED) is 0.867. The summed E-state index contributed by atoms with van der Waals surface area (Å²) in [6, 6.07) is 7.63. The van der Waals surface area contributed by atoms with E-state index in [1.165, 1.54) is 11.3 Å². The molecule has 0 spiro atoms. The zero-order valence-electron chi connectivity index (χ0n) is 14.9. The first-order valence-corrected chi connectivity index (χ1v) is 9.54. The van der Waals surface area contributed by atoms with E-state index in [9.17, 15) is 14.7 Å². The van der Waals surface area contributed by atoms with Crippen LogP contribution in [0, 0.1) is 12.8 Å². The fourth-order valence-electron chi connectivity index (χ4n) is 3.09. The zero-order valence-corrected chi connectivity index (χ0v) is 15.7. The first-order valence-electron chi connectivity index (χ1n) is 8.72. The number of likely N-dealkylation sites (tertiary alicyclic amines) is 1. The SMILES string of the molecule is CCOc1ccc(-c2nc(C)c(C(=O)N3CCC[C@H](C(=O)O)C3)s2)cc1. The molecule has 0 aliphatic carbocycles. The molecular formula is C19H22N2O4S. The smallest absolute Gasteiger partial charge is 0.308 e. The van der Waals surface area contributed by atoms with Gasteiger partial charge in [0.2, 0.25) is 0 Å². The molecule has 2 aromatic rings. The summed E-state index contributed by atoms with van der Waals surface area (Å²) < 4.78 is 5.45. The van der Waals surface area contributed by atoms with Crippen LogP contribution in [-0.2, 0) is 4.79 Å². The minimum atomic E-state index is -0.835. The summed E-state index contributed by atoms with van der Waals surface area (Å²) in [6.07, 6.45) is 1.34. The molecule has 1 aromatic heterocycles. The Bertz CT molecular complexity index is 800. The highest BCUT2D eigenvalue weighted by Gasteiger charge is 2.30. The molecule has 1 N–H and O–H groups in total. The van der Waals surface area contributed by atoms with Crippen LogP contribution in [0.5, 0.6) is 5.75 Å². The van der Waals surface area contributed by atoms with Crippen molar-refractivity contribution in [2.45, 2.75) is 26.7 Å². The molecule has 26 heavy (non-hydrogen) atoms. The lowest BCUT2D eigenvalue weighted by Gasteiger charge is -2.30. The molecule has 1 aliphatic heterocycles. The van der Waals surface area contributed by atoms with Crippen LogP contribution in [0.4, 0.5) is 0 Å². The molecule has 3 rings (SSSR count). The van der Waals surface area contributed by atoms with Gasteiger partial charge in [-0.05, 0) is 51.0 Å². The molecule has 1 atom stereocenters. The van der Waals surface area contributed by atoms with Gasteiger partial charge >= 0.3 is 5.97 Å². The highest BCUT2D eigenvalue weighted by Crippen LogP contribution is 2.31. The summed E-state index contributed by atoms with van der Waals surface area (Å²) in [5.74, 6) is -0.637. The molecule has 0 unspecified atom stereocenters. The number of nitrogens with zero attached hydrogens (tertiary/aromatic N) is 2. The van der Waals surface area contributed by atoms with Crippen molar-refractivity contribution in [2.75, 3.05) is 19.7 Å². The number of benzene rings is 1. The number of thiazole rings is 1. The van der Waals surface area contributed by atoms with E-state index in [0.717, 1.165) is 16.3 Å². The van der Waals surface area contributed by atoms with Crippen LogP contribution < -0.4 is 4.74 Å². The van der Waals surface area contributed by atoms with E-state index < -0.39 is 11.9 Å². The molecule has 0 bridgehead atoms. The van der Waals surface area contributed by atoms with Gasteiger partial charge in [0.05, 0.1) is 18.2 Å². The number of carboxylic acids is 1. The van der Waals surface area contributed by atoms with Gasteiger partial charge < -0.3 is 14.7 Å². The van der Waals surface area contributed by atoms with E-state index in [4.69, 9.17) is 4.74 Å². The Kier molecular flexibility index (Phi) is 5.56. The van der Waals surface area contributed by atoms with Crippen molar-refractivity contribution < 1.29 is 19.4 Å². The number of hydrogen-bond donors (Lipinski definition) is 1. The standard InChI is InChI=1S/C19H22N2O4S/c1-3-25-15-8-6-13(7-9-15)17-20-12(2)16(26-17)18(22)21-10-4-5-14(11-21)19(23)24/h6-9,14H,3-5,10-11H2,1-2H3,(H,23,24)/t14-/m0/s1. The first-order chi connectivity index (χ1) is 12.5. The Labute approximate surface area is 156 Å². The van der Waals surface area contributed by atoms with Gasteiger partial charge in [0.25, 0.3) is 5.91 Å². The molecule has 1 aliphatic rings. The number of ether oxygens (including phenoxy) is 1. The molecule has 1 amide bonds. The number of aliphatic carboxylic acids is 1. The first kappa shape index (κ1) is 18.4. The number of aryl methyl sites for hydroxylation is 1. The molecule has 1 aromatic carbocycles. The molecule has 0 radical (unpaired) electrons. The molecule has 1 fully saturated rings. The molecule has 138 valence electrons. The lowest BCUT2D eigenvalue weighted by Crippen LogP contribution is -2.42. The minimum absolute atomic E-state index is 0.122. The van der Waals surface area contributed by atoms with Crippen LogP contribution in [0.2, 0.25) is 0 Å². The van der Waals surface area contributed by atoms with Crippen LogP contribution in [0.25, 0.3) is 10.6 Å². The molecule has 1 saturated heterocycles. The summed E-state index contributed by atoms with van der Waals surface area (Å²) in [5, 5.41) is 10.00. The summed E-state index contributed by atoms with van der Waals surface area (Å²) in [5.41, 5.74) is 1.61. The van der Waals surface area contributed by atoms with Gasteiger partial charge in [-0.3, -0.25) is 9.59 Å². The van der Waals surface area contributed by atoms with Crippen LogP contribution in [0.15, 0.2) is 24.3 Å². The Morgan fingerprint density at radius 2 is 2.08 bits per heavy atom. The van der Waals surface area contributed by atoms with Gasteiger partial charge in [0, 0.05) is 18.7 Å². The van der Waals surface area contributed by atoms with E-state index in [-0.39, 0.29) is 12.5 Å². The summed E-state index contributed by atoms with van der Waals surface area (Å²) in [7, 11) is 0. The van der Waals surface area contributed by atoms with Gasteiger partial charge in [0.1, 0.15) is 15.6 Å². The Hall–Kier alpha value is -2.41. The van der Waals surface area contributed by atoms with Crippen molar-refractivity contribution in [3.05, 3.63) is 34.8 Å². The maximum atomic E-state index is 12.9. The molecular weight excluding hydrogens is 352 g/mol. The largest absolute Gasteiger partial charge is 0.494 e. The summed E-state index contributed by atoms with van der Waals surface area (Å²) >= 11 is 1.35. The van der Waals surface area contributed by atoms with Crippen molar-refractivity contribution >= 4 is 23.2 Å². The molecule has 6 nitrogen and oxygen atoms in total. The van der Waals surface area contributed by atoms with Gasteiger partial charge in [-0.25, -0.2) is 4.98 Å². The van der Waals surface area contributed by atoms with Crippen molar-refractivity contribution in [3.63, 3.8) is 0 Å². The molecule has 2 heterocycles. The number of rotatable bonds is 5. The van der Waals surface area contributed by atoms with E-state index in [1.54, 1.807) is 4.90 Å². The fourth-order valence-corrected chi connectivity index (χ4v) is 4.13. The van der Waals surface area contributed by atoms with Gasteiger partial charge in [-0.2, -0.15) is 0 Å². The Morgan fingerprint density at radius 3 is 2.73 bits per heavy atom.